The van der Waals surface area contributed by atoms with Crippen LogP contribution in [-0.2, 0) is 0 Å². The zero-order chi connectivity index (χ0) is 10.4. The summed E-state index contributed by atoms with van der Waals surface area (Å²) < 4.78 is 0. The quantitative estimate of drug-likeness (QED) is 0.671. The van der Waals surface area contributed by atoms with Crippen LogP contribution in [0.25, 0.3) is 0 Å². The first kappa shape index (κ1) is 12.0. The summed E-state index contributed by atoms with van der Waals surface area (Å²) in [6.45, 7) is 6.28. The van der Waals surface area contributed by atoms with Gasteiger partial charge in [-0.2, -0.15) is 0 Å². The lowest BCUT2D eigenvalue weighted by Crippen LogP contribution is -2.27. The van der Waals surface area contributed by atoms with Crippen molar-refractivity contribution in [3.05, 3.63) is 0 Å². The molecule has 0 amide bonds. The summed E-state index contributed by atoms with van der Waals surface area (Å²) in [6.07, 6.45) is 2.68. The molecule has 0 bridgehead atoms. The van der Waals surface area contributed by atoms with Gasteiger partial charge in [-0.15, -0.1) is 0 Å². The molecule has 1 atom stereocenters. The third-order valence-corrected chi connectivity index (χ3v) is 2.94. The fourth-order valence-corrected chi connectivity index (χ4v) is 2.18. The second-order valence-electron chi connectivity index (χ2n) is 4.67. The van der Waals surface area contributed by atoms with E-state index in [1.165, 1.54) is 45.6 Å². The summed E-state index contributed by atoms with van der Waals surface area (Å²) in [5.41, 5.74) is 0. The van der Waals surface area contributed by atoms with Crippen LogP contribution in [0.4, 0.5) is 0 Å². The van der Waals surface area contributed by atoms with E-state index in [1.807, 2.05) is 0 Å². The molecule has 0 radical (unpaired) electrons. The zero-order valence-electron chi connectivity index (χ0n) is 9.92. The summed E-state index contributed by atoms with van der Waals surface area (Å²) in [7, 11) is 6.34. The minimum Gasteiger partial charge on any atom is -0.319 e. The Balaban J connectivity index is 2.04. The van der Waals surface area contributed by atoms with E-state index in [0.717, 1.165) is 5.92 Å². The molecule has 1 heterocycles. The van der Waals surface area contributed by atoms with Gasteiger partial charge in [-0.05, 0) is 66.1 Å². The van der Waals surface area contributed by atoms with Gasteiger partial charge in [0.05, 0.1) is 0 Å². The normalized spacial score (nSPS) is 23.6. The summed E-state index contributed by atoms with van der Waals surface area (Å²) in [5.74, 6) is 0.888. The predicted octanol–water partition coefficient (Wildman–Crippen LogP) is 0.479. The van der Waals surface area contributed by atoms with E-state index >= 15 is 0 Å². The van der Waals surface area contributed by atoms with E-state index in [9.17, 15) is 0 Å². The Morgan fingerprint density at radius 2 is 2.21 bits per heavy atom. The highest BCUT2D eigenvalue weighted by molar-refractivity contribution is 4.76. The molecule has 3 nitrogen and oxygen atoms in total. The van der Waals surface area contributed by atoms with E-state index in [4.69, 9.17) is 0 Å². The molecule has 0 saturated carbocycles. The van der Waals surface area contributed by atoms with Gasteiger partial charge in [0.25, 0.3) is 0 Å². The van der Waals surface area contributed by atoms with Gasteiger partial charge in [-0.3, -0.25) is 0 Å². The summed E-state index contributed by atoms with van der Waals surface area (Å²) in [6, 6.07) is 0. The standard InChI is InChI=1S/C11H25N3/c1-12-9-11-5-8-14(10-11)7-4-6-13(2)3/h11-12H,4-10H2,1-3H3. The number of nitrogens with one attached hydrogen (secondary N) is 1. The molecule has 1 saturated heterocycles. The highest BCUT2D eigenvalue weighted by Crippen LogP contribution is 2.15. The van der Waals surface area contributed by atoms with Crippen LogP contribution < -0.4 is 5.32 Å². The molecular weight excluding hydrogens is 174 g/mol. The highest BCUT2D eigenvalue weighted by Gasteiger charge is 2.20. The third-order valence-electron chi connectivity index (χ3n) is 2.94. The first-order chi connectivity index (χ1) is 6.72. The van der Waals surface area contributed by atoms with Gasteiger partial charge in [-0.1, -0.05) is 0 Å². The molecule has 1 aliphatic rings. The minimum absolute atomic E-state index is 0.888. The SMILES string of the molecule is CNCC1CCN(CCCN(C)C)C1. The lowest BCUT2D eigenvalue weighted by molar-refractivity contribution is 0.293. The maximum atomic E-state index is 3.27. The smallest absolute Gasteiger partial charge is 0.00223 e. The fourth-order valence-electron chi connectivity index (χ4n) is 2.18. The Kier molecular flexibility index (Phi) is 5.45. The molecule has 14 heavy (non-hydrogen) atoms. The van der Waals surface area contributed by atoms with Crippen molar-refractivity contribution in [3.63, 3.8) is 0 Å². The monoisotopic (exact) mass is 199 g/mol. The number of nitrogens with zero attached hydrogens (tertiary/aromatic N) is 2. The Morgan fingerprint density at radius 3 is 2.86 bits per heavy atom. The van der Waals surface area contributed by atoms with E-state index < -0.39 is 0 Å². The first-order valence-electron chi connectivity index (χ1n) is 5.74. The van der Waals surface area contributed by atoms with Crippen molar-refractivity contribution in [1.29, 1.82) is 0 Å². The zero-order valence-corrected chi connectivity index (χ0v) is 9.92. The molecule has 1 N–H and O–H groups in total. The van der Waals surface area contributed by atoms with Gasteiger partial charge in [-0.25, -0.2) is 0 Å². The van der Waals surface area contributed by atoms with Gasteiger partial charge in [0, 0.05) is 6.54 Å². The molecule has 1 unspecified atom stereocenters. The topological polar surface area (TPSA) is 18.5 Å². The Bertz CT molecular complexity index is 147. The van der Waals surface area contributed by atoms with Crippen molar-refractivity contribution in [2.45, 2.75) is 12.8 Å². The molecule has 0 aromatic rings. The van der Waals surface area contributed by atoms with E-state index in [1.54, 1.807) is 0 Å². The van der Waals surface area contributed by atoms with Crippen LogP contribution in [0.1, 0.15) is 12.8 Å². The van der Waals surface area contributed by atoms with Crippen molar-refractivity contribution >= 4 is 0 Å². The van der Waals surface area contributed by atoms with Gasteiger partial charge >= 0.3 is 0 Å². The molecule has 0 spiro atoms. The molecule has 0 aromatic heterocycles. The molecule has 3 heteroatoms. The van der Waals surface area contributed by atoms with Gasteiger partial charge in [0.1, 0.15) is 0 Å². The van der Waals surface area contributed by atoms with Crippen molar-refractivity contribution in [1.82, 2.24) is 15.1 Å². The van der Waals surface area contributed by atoms with Crippen LogP contribution >= 0.6 is 0 Å². The van der Waals surface area contributed by atoms with Crippen molar-refractivity contribution in [2.75, 3.05) is 53.9 Å². The van der Waals surface area contributed by atoms with Gasteiger partial charge in [0.15, 0.2) is 0 Å². The number of hydrogen-bond acceptors (Lipinski definition) is 3. The lowest BCUT2D eigenvalue weighted by Gasteiger charge is -2.17. The Morgan fingerprint density at radius 1 is 1.43 bits per heavy atom. The van der Waals surface area contributed by atoms with Crippen molar-refractivity contribution in [2.24, 2.45) is 5.92 Å². The largest absolute Gasteiger partial charge is 0.319 e. The molecule has 1 rings (SSSR count). The number of rotatable bonds is 6. The average Bonchev–Trinajstić information content (AvgIpc) is 2.53. The van der Waals surface area contributed by atoms with Gasteiger partial charge in [0.2, 0.25) is 0 Å². The maximum absolute atomic E-state index is 3.27. The molecule has 0 aliphatic carbocycles. The van der Waals surface area contributed by atoms with Crippen molar-refractivity contribution in [3.8, 4) is 0 Å². The Hall–Kier alpha value is -0.120. The summed E-state index contributed by atoms with van der Waals surface area (Å²) >= 11 is 0. The maximum Gasteiger partial charge on any atom is 0.00223 e. The molecular formula is C11H25N3. The summed E-state index contributed by atoms with van der Waals surface area (Å²) in [5, 5.41) is 3.27. The van der Waals surface area contributed by atoms with Crippen LogP contribution in [0.5, 0.6) is 0 Å². The highest BCUT2D eigenvalue weighted by atomic mass is 15.2. The average molecular weight is 199 g/mol. The van der Waals surface area contributed by atoms with E-state index in [0.29, 0.717) is 0 Å². The van der Waals surface area contributed by atoms with Crippen LogP contribution in [0.3, 0.4) is 0 Å². The van der Waals surface area contributed by atoms with Crippen molar-refractivity contribution < 1.29 is 0 Å². The van der Waals surface area contributed by atoms with Gasteiger partial charge < -0.3 is 15.1 Å². The van der Waals surface area contributed by atoms with Crippen LogP contribution in [0.15, 0.2) is 0 Å². The molecule has 1 fully saturated rings. The van der Waals surface area contributed by atoms with Crippen LogP contribution in [0, 0.1) is 5.92 Å². The molecule has 84 valence electrons. The minimum atomic E-state index is 0.888. The predicted molar refractivity (Wildman–Crippen MR) is 61.6 cm³/mol. The van der Waals surface area contributed by atoms with Crippen LogP contribution in [-0.4, -0.2) is 63.7 Å². The summed E-state index contributed by atoms with van der Waals surface area (Å²) in [4.78, 5) is 4.87. The number of hydrogen-bond donors (Lipinski definition) is 1. The number of likely N-dealkylation sites (tertiary alicyclic amines) is 1. The first-order valence-corrected chi connectivity index (χ1v) is 5.74. The second-order valence-corrected chi connectivity index (χ2v) is 4.67. The fraction of sp³-hybridized carbons (Fsp3) is 1.00. The second kappa shape index (κ2) is 6.38. The molecule has 1 aliphatic heterocycles. The van der Waals surface area contributed by atoms with E-state index in [-0.39, 0.29) is 0 Å². The van der Waals surface area contributed by atoms with E-state index in [2.05, 4.69) is 36.3 Å². The Labute approximate surface area is 88.5 Å². The van der Waals surface area contributed by atoms with Crippen LogP contribution in [0.2, 0.25) is 0 Å². The third kappa shape index (κ3) is 4.40. The molecule has 0 aromatic carbocycles. The lowest BCUT2D eigenvalue weighted by atomic mass is 10.1.